The number of Topliss-reactive ketones (excluding diaryl/α,β-unsaturated/α-hetero) is 1. The summed E-state index contributed by atoms with van der Waals surface area (Å²) in [7, 11) is 1.75. The van der Waals surface area contributed by atoms with E-state index in [4.69, 9.17) is 0 Å². The largest absolute Gasteiger partial charge is 0.330 e. The maximum absolute atomic E-state index is 11.9. The molecule has 1 aromatic carbocycles. The van der Waals surface area contributed by atoms with E-state index in [1.807, 2.05) is 0 Å². The molecule has 1 N–H and O–H groups in total. The van der Waals surface area contributed by atoms with Gasteiger partial charge in [0.15, 0.2) is 11.6 Å². The minimum Gasteiger partial charge on any atom is -0.330 e. The second kappa shape index (κ2) is 4.83. The van der Waals surface area contributed by atoms with Gasteiger partial charge < -0.3 is 9.88 Å². The van der Waals surface area contributed by atoms with Gasteiger partial charge in [-0.15, -0.1) is 0 Å². The zero-order valence-electron chi connectivity index (χ0n) is 10.2. The molecule has 0 aliphatic rings. The Morgan fingerprint density at radius 3 is 2.39 bits per heavy atom. The van der Waals surface area contributed by atoms with Crippen molar-refractivity contribution < 1.29 is 9.59 Å². The van der Waals surface area contributed by atoms with Gasteiger partial charge in [0, 0.05) is 30.7 Å². The fourth-order valence-corrected chi connectivity index (χ4v) is 1.56. The number of ketones is 1. The highest BCUT2D eigenvalue weighted by Crippen LogP contribution is 2.11. The lowest BCUT2D eigenvalue weighted by Gasteiger charge is -2.05. The average molecular weight is 243 g/mol. The number of carbonyl (C=O) groups is 2. The normalized spacial score (nSPS) is 10.1. The fraction of sp³-hybridized carbons (Fsp3) is 0.154. The van der Waals surface area contributed by atoms with Gasteiger partial charge in [0.25, 0.3) is 5.91 Å². The van der Waals surface area contributed by atoms with Crippen molar-refractivity contribution in [3.8, 4) is 0 Å². The van der Waals surface area contributed by atoms with Gasteiger partial charge in [-0.1, -0.05) is 0 Å². The molecule has 2 aromatic rings. The molecule has 0 spiro atoms. The van der Waals surface area contributed by atoms with Crippen LogP contribution in [0.5, 0.6) is 0 Å². The fourth-order valence-electron chi connectivity index (χ4n) is 1.56. The van der Waals surface area contributed by atoms with Crippen molar-refractivity contribution >= 4 is 17.4 Å². The summed E-state index contributed by atoms with van der Waals surface area (Å²) in [5.74, 6) is 0.0562. The molecule has 0 aliphatic carbocycles. The predicted octanol–water partition coefficient (Wildman–Crippen LogP) is 1.88. The Hall–Kier alpha value is -2.43. The monoisotopic (exact) mass is 243 g/mol. The highest BCUT2D eigenvalue weighted by atomic mass is 16.2. The van der Waals surface area contributed by atoms with E-state index in [0.717, 1.165) is 0 Å². The molecule has 0 unspecified atom stereocenters. The highest BCUT2D eigenvalue weighted by Gasteiger charge is 2.10. The Balaban J connectivity index is 2.13. The smallest absolute Gasteiger partial charge is 0.291 e. The summed E-state index contributed by atoms with van der Waals surface area (Å²) in [6, 6.07) is 6.74. The molecule has 18 heavy (non-hydrogen) atoms. The van der Waals surface area contributed by atoms with Crippen LogP contribution in [-0.4, -0.2) is 21.2 Å². The number of hydrogen-bond acceptors (Lipinski definition) is 3. The lowest BCUT2D eigenvalue weighted by Crippen LogP contribution is -2.16. The molecule has 0 atom stereocenters. The Bertz CT molecular complexity index is 585. The minimum absolute atomic E-state index is 0.00280. The molecule has 0 radical (unpaired) electrons. The zero-order chi connectivity index (χ0) is 13.1. The van der Waals surface area contributed by atoms with Crippen LogP contribution in [0.25, 0.3) is 0 Å². The van der Waals surface area contributed by atoms with Crippen LogP contribution in [-0.2, 0) is 7.05 Å². The summed E-state index contributed by atoms with van der Waals surface area (Å²) < 4.78 is 1.64. The first-order valence-electron chi connectivity index (χ1n) is 5.47. The first-order valence-corrected chi connectivity index (χ1v) is 5.47. The number of amides is 1. The second-order valence-corrected chi connectivity index (χ2v) is 3.95. The van der Waals surface area contributed by atoms with Crippen molar-refractivity contribution in [2.45, 2.75) is 6.92 Å². The van der Waals surface area contributed by atoms with Crippen molar-refractivity contribution in [3.05, 3.63) is 48.0 Å². The molecule has 0 fully saturated rings. The topological polar surface area (TPSA) is 64.0 Å². The number of benzene rings is 1. The number of anilines is 1. The maximum atomic E-state index is 11.9. The van der Waals surface area contributed by atoms with E-state index in [-0.39, 0.29) is 11.7 Å². The van der Waals surface area contributed by atoms with Crippen LogP contribution < -0.4 is 5.32 Å². The van der Waals surface area contributed by atoms with Crippen molar-refractivity contribution in [2.24, 2.45) is 7.05 Å². The van der Waals surface area contributed by atoms with E-state index in [9.17, 15) is 9.59 Å². The molecule has 0 saturated carbocycles. The molecule has 5 heteroatoms. The van der Waals surface area contributed by atoms with Crippen LogP contribution in [0.2, 0.25) is 0 Å². The van der Waals surface area contributed by atoms with E-state index in [0.29, 0.717) is 17.1 Å². The predicted molar refractivity (Wildman–Crippen MR) is 67.6 cm³/mol. The van der Waals surface area contributed by atoms with E-state index < -0.39 is 0 Å². The van der Waals surface area contributed by atoms with E-state index in [1.54, 1.807) is 48.3 Å². The SMILES string of the molecule is CC(=O)c1ccc(NC(=O)c2nccn2C)cc1. The van der Waals surface area contributed by atoms with Gasteiger partial charge in [-0.2, -0.15) is 0 Å². The van der Waals surface area contributed by atoms with Crippen molar-refractivity contribution in [1.29, 1.82) is 0 Å². The number of carbonyl (C=O) groups excluding carboxylic acids is 2. The van der Waals surface area contributed by atoms with Gasteiger partial charge in [0.2, 0.25) is 0 Å². The van der Waals surface area contributed by atoms with Gasteiger partial charge >= 0.3 is 0 Å². The van der Waals surface area contributed by atoms with Gasteiger partial charge in [-0.05, 0) is 31.2 Å². The Labute approximate surface area is 104 Å². The number of aryl methyl sites for hydroxylation is 1. The van der Waals surface area contributed by atoms with Gasteiger partial charge in [-0.3, -0.25) is 9.59 Å². The minimum atomic E-state index is -0.280. The highest BCUT2D eigenvalue weighted by molar-refractivity contribution is 6.02. The summed E-state index contributed by atoms with van der Waals surface area (Å²) in [4.78, 5) is 26.9. The zero-order valence-corrected chi connectivity index (χ0v) is 10.2. The first-order chi connectivity index (χ1) is 8.58. The van der Waals surface area contributed by atoms with Gasteiger partial charge in [0.1, 0.15) is 0 Å². The Morgan fingerprint density at radius 2 is 1.89 bits per heavy atom. The molecule has 5 nitrogen and oxygen atoms in total. The lowest BCUT2D eigenvalue weighted by molar-refractivity contribution is 0.100. The molecular weight excluding hydrogens is 230 g/mol. The second-order valence-electron chi connectivity index (χ2n) is 3.95. The van der Waals surface area contributed by atoms with Crippen LogP contribution >= 0.6 is 0 Å². The third-order valence-corrected chi connectivity index (χ3v) is 2.57. The summed E-state index contributed by atoms with van der Waals surface area (Å²) in [5.41, 5.74) is 1.25. The number of nitrogens with zero attached hydrogens (tertiary/aromatic N) is 2. The molecule has 0 bridgehead atoms. The third kappa shape index (κ3) is 2.45. The van der Waals surface area contributed by atoms with Crippen molar-refractivity contribution in [1.82, 2.24) is 9.55 Å². The summed E-state index contributed by atoms with van der Waals surface area (Å²) >= 11 is 0. The summed E-state index contributed by atoms with van der Waals surface area (Å²) in [5, 5.41) is 2.72. The van der Waals surface area contributed by atoms with Crippen LogP contribution in [0.3, 0.4) is 0 Å². The van der Waals surface area contributed by atoms with E-state index in [1.165, 1.54) is 6.92 Å². The van der Waals surface area contributed by atoms with Crippen LogP contribution in [0, 0.1) is 0 Å². The standard InChI is InChI=1S/C13H13N3O2/c1-9(17)10-3-5-11(6-4-10)15-13(18)12-14-7-8-16(12)2/h3-8H,1-2H3,(H,15,18). The van der Waals surface area contributed by atoms with Crippen LogP contribution in [0.4, 0.5) is 5.69 Å². The number of aromatic nitrogens is 2. The number of hydrogen-bond donors (Lipinski definition) is 1. The van der Waals surface area contributed by atoms with E-state index in [2.05, 4.69) is 10.3 Å². The first kappa shape index (κ1) is 12.0. The molecule has 1 heterocycles. The third-order valence-electron chi connectivity index (χ3n) is 2.57. The van der Waals surface area contributed by atoms with E-state index >= 15 is 0 Å². The molecule has 0 saturated heterocycles. The molecule has 1 aromatic heterocycles. The van der Waals surface area contributed by atoms with Gasteiger partial charge in [-0.25, -0.2) is 4.98 Å². The maximum Gasteiger partial charge on any atom is 0.291 e. The van der Waals surface area contributed by atoms with Crippen LogP contribution in [0.1, 0.15) is 27.9 Å². The number of nitrogens with one attached hydrogen (secondary N) is 1. The lowest BCUT2D eigenvalue weighted by atomic mass is 10.1. The number of rotatable bonds is 3. The summed E-state index contributed by atoms with van der Waals surface area (Å²) in [6.07, 6.45) is 3.27. The quantitative estimate of drug-likeness (QED) is 0.837. The molecular formula is C13H13N3O2. The molecule has 92 valence electrons. The van der Waals surface area contributed by atoms with Gasteiger partial charge in [0.05, 0.1) is 0 Å². The van der Waals surface area contributed by atoms with Crippen molar-refractivity contribution in [2.75, 3.05) is 5.32 Å². The van der Waals surface area contributed by atoms with Crippen LogP contribution in [0.15, 0.2) is 36.7 Å². The molecule has 2 rings (SSSR count). The summed E-state index contributed by atoms with van der Waals surface area (Å²) in [6.45, 7) is 1.50. The molecule has 0 aliphatic heterocycles. The Kier molecular flexibility index (Phi) is 3.23. The van der Waals surface area contributed by atoms with Crippen molar-refractivity contribution in [3.63, 3.8) is 0 Å². The molecule has 1 amide bonds. The Morgan fingerprint density at radius 1 is 1.22 bits per heavy atom. The average Bonchev–Trinajstić information content (AvgIpc) is 2.76. The number of imidazole rings is 1.